The minimum atomic E-state index is 0.170. The lowest BCUT2D eigenvalue weighted by Crippen LogP contribution is -1.97. The number of nitrogens with zero attached hydrogens (tertiary/aromatic N) is 4. The van der Waals surface area contributed by atoms with Gasteiger partial charge in [-0.1, -0.05) is 97.1 Å². The molecular weight excluding hydrogens is 536 g/mol. The van der Waals surface area contributed by atoms with Crippen molar-refractivity contribution in [2.75, 3.05) is 0 Å². The van der Waals surface area contributed by atoms with Crippen LogP contribution in [0.4, 0.5) is 0 Å². The van der Waals surface area contributed by atoms with Crippen molar-refractivity contribution >= 4 is 44.2 Å². The first-order valence-electron chi connectivity index (χ1n) is 13.8. The molecule has 0 aliphatic heterocycles. The minimum Gasteiger partial charge on any atom is -0.309 e. The molecule has 0 saturated heterocycles. The Hall–Kier alpha value is -5.32. The Morgan fingerprint density at radius 2 is 1.05 bits per heavy atom. The van der Waals surface area contributed by atoms with E-state index >= 15 is 0 Å². The van der Waals surface area contributed by atoms with Gasteiger partial charge in [0, 0.05) is 27.6 Å². The third-order valence-electron chi connectivity index (χ3n) is 7.78. The molecular formula is C37H23ClN4. The number of halogens is 1. The molecule has 8 aromatic rings. The topological polar surface area (TPSA) is 43.6 Å². The van der Waals surface area contributed by atoms with Crippen LogP contribution in [0.2, 0.25) is 5.28 Å². The van der Waals surface area contributed by atoms with Gasteiger partial charge >= 0.3 is 0 Å². The summed E-state index contributed by atoms with van der Waals surface area (Å²) in [5.74, 6) is 1.09. The summed E-state index contributed by atoms with van der Waals surface area (Å²) < 4.78 is 2.32. The molecule has 0 amide bonds. The van der Waals surface area contributed by atoms with Gasteiger partial charge in [0.2, 0.25) is 5.28 Å². The van der Waals surface area contributed by atoms with Crippen LogP contribution in [-0.4, -0.2) is 19.5 Å². The smallest absolute Gasteiger partial charge is 0.226 e. The molecule has 0 spiro atoms. The molecule has 6 aromatic carbocycles. The Labute approximate surface area is 247 Å². The Balaban J connectivity index is 1.38. The van der Waals surface area contributed by atoms with Crippen molar-refractivity contribution in [1.29, 1.82) is 0 Å². The summed E-state index contributed by atoms with van der Waals surface area (Å²) in [6.45, 7) is 0. The van der Waals surface area contributed by atoms with E-state index in [2.05, 4.69) is 118 Å². The first-order chi connectivity index (χ1) is 20.7. The number of fused-ring (bicyclic) bond motifs is 4. The van der Waals surface area contributed by atoms with Gasteiger partial charge in [-0.15, -0.1) is 0 Å². The number of hydrogen-bond acceptors (Lipinski definition) is 3. The molecule has 0 fully saturated rings. The lowest BCUT2D eigenvalue weighted by Gasteiger charge is -2.09. The molecule has 0 N–H and O–H groups in total. The van der Waals surface area contributed by atoms with Gasteiger partial charge in [-0.2, -0.15) is 9.97 Å². The average molecular weight is 559 g/mol. The molecule has 5 heteroatoms. The average Bonchev–Trinajstić information content (AvgIpc) is 3.38. The standard InChI is InChI=1S/C37H23ClN4/c38-37-40-35(25-11-3-1-4-12-25)39-36(41-37)27-19-21-34-32(23-27)31-22-26(30-17-9-13-24-10-7-8-16-29(24)30)18-20-33(31)42(34)28-14-5-2-6-15-28/h1-23H. The largest absolute Gasteiger partial charge is 0.309 e. The third-order valence-corrected chi connectivity index (χ3v) is 7.95. The van der Waals surface area contributed by atoms with E-state index in [1.54, 1.807) is 0 Å². The molecule has 0 aliphatic carbocycles. The number of benzene rings is 6. The Morgan fingerprint density at radius 3 is 1.81 bits per heavy atom. The number of para-hydroxylation sites is 1. The van der Waals surface area contributed by atoms with Gasteiger partial charge in [-0.05, 0) is 76.0 Å². The molecule has 0 bridgehead atoms. The Kier molecular flexibility index (Phi) is 5.80. The van der Waals surface area contributed by atoms with Crippen LogP contribution in [0.15, 0.2) is 140 Å². The van der Waals surface area contributed by atoms with E-state index in [4.69, 9.17) is 16.6 Å². The maximum Gasteiger partial charge on any atom is 0.226 e. The third kappa shape index (κ3) is 4.12. The van der Waals surface area contributed by atoms with E-state index in [-0.39, 0.29) is 5.28 Å². The second kappa shape index (κ2) is 9.95. The summed E-state index contributed by atoms with van der Waals surface area (Å²) in [5, 5.41) is 4.91. The maximum atomic E-state index is 6.42. The van der Waals surface area contributed by atoms with Crippen molar-refractivity contribution < 1.29 is 0 Å². The van der Waals surface area contributed by atoms with Crippen LogP contribution in [0.25, 0.3) is 72.2 Å². The van der Waals surface area contributed by atoms with Crippen LogP contribution in [0.5, 0.6) is 0 Å². The van der Waals surface area contributed by atoms with Crippen LogP contribution in [0.3, 0.4) is 0 Å². The van der Waals surface area contributed by atoms with Crippen molar-refractivity contribution in [3.05, 3.63) is 145 Å². The summed E-state index contributed by atoms with van der Waals surface area (Å²) in [5.41, 5.74) is 7.51. The predicted octanol–water partition coefficient (Wildman–Crippen LogP) is 9.78. The molecule has 198 valence electrons. The van der Waals surface area contributed by atoms with E-state index in [0.29, 0.717) is 11.6 Å². The van der Waals surface area contributed by atoms with E-state index in [9.17, 15) is 0 Å². The SMILES string of the molecule is Clc1nc(-c2ccccc2)nc(-c2ccc3c(c2)c2cc(-c4cccc5ccccc45)ccc2n3-c2ccccc2)n1. The Morgan fingerprint density at radius 1 is 0.452 bits per heavy atom. The first-order valence-corrected chi connectivity index (χ1v) is 14.2. The van der Waals surface area contributed by atoms with Crippen LogP contribution in [0.1, 0.15) is 0 Å². The molecule has 0 aliphatic rings. The van der Waals surface area contributed by atoms with E-state index in [0.717, 1.165) is 38.6 Å². The van der Waals surface area contributed by atoms with E-state index < -0.39 is 0 Å². The van der Waals surface area contributed by atoms with Crippen LogP contribution in [0, 0.1) is 0 Å². The zero-order valence-corrected chi connectivity index (χ0v) is 23.2. The minimum absolute atomic E-state index is 0.170. The molecule has 2 heterocycles. The zero-order chi connectivity index (χ0) is 28.0. The van der Waals surface area contributed by atoms with Gasteiger partial charge in [0.05, 0.1) is 11.0 Å². The summed E-state index contributed by atoms with van der Waals surface area (Å²) in [7, 11) is 0. The summed E-state index contributed by atoms with van der Waals surface area (Å²) in [4.78, 5) is 13.7. The predicted molar refractivity (Wildman–Crippen MR) is 173 cm³/mol. The van der Waals surface area contributed by atoms with Gasteiger partial charge in [-0.25, -0.2) is 4.98 Å². The fourth-order valence-corrected chi connectivity index (χ4v) is 6.02. The molecule has 42 heavy (non-hydrogen) atoms. The second-order valence-electron chi connectivity index (χ2n) is 10.3. The zero-order valence-electron chi connectivity index (χ0n) is 22.4. The van der Waals surface area contributed by atoms with Gasteiger partial charge in [0.15, 0.2) is 11.6 Å². The normalized spacial score (nSPS) is 11.5. The highest BCUT2D eigenvalue weighted by Gasteiger charge is 2.17. The Bertz CT molecular complexity index is 2250. The maximum absolute atomic E-state index is 6.42. The number of rotatable bonds is 4. The molecule has 2 aromatic heterocycles. The molecule has 0 unspecified atom stereocenters. The highest BCUT2D eigenvalue weighted by atomic mass is 35.5. The van der Waals surface area contributed by atoms with Gasteiger partial charge < -0.3 is 4.57 Å². The van der Waals surface area contributed by atoms with Crippen molar-refractivity contribution in [3.63, 3.8) is 0 Å². The molecule has 0 atom stereocenters. The van der Waals surface area contributed by atoms with Crippen molar-refractivity contribution in [3.8, 4) is 39.6 Å². The van der Waals surface area contributed by atoms with Crippen molar-refractivity contribution in [1.82, 2.24) is 19.5 Å². The van der Waals surface area contributed by atoms with Crippen molar-refractivity contribution in [2.24, 2.45) is 0 Å². The summed E-state index contributed by atoms with van der Waals surface area (Å²) in [6, 6.07) is 48.5. The first kappa shape index (κ1) is 24.5. The molecule has 0 saturated carbocycles. The van der Waals surface area contributed by atoms with E-state index in [1.165, 1.54) is 21.9 Å². The van der Waals surface area contributed by atoms with Gasteiger partial charge in [0.25, 0.3) is 0 Å². The van der Waals surface area contributed by atoms with Gasteiger partial charge in [-0.3, -0.25) is 0 Å². The van der Waals surface area contributed by atoms with Crippen LogP contribution in [-0.2, 0) is 0 Å². The fraction of sp³-hybridized carbons (Fsp3) is 0. The van der Waals surface area contributed by atoms with E-state index in [1.807, 2.05) is 36.4 Å². The lowest BCUT2D eigenvalue weighted by molar-refractivity contribution is 1.07. The fourth-order valence-electron chi connectivity index (χ4n) is 5.86. The van der Waals surface area contributed by atoms with Gasteiger partial charge in [0.1, 0.15) is 0 Å². The summed E-state index contributed by atoms with van der Waals surface area (Å²) >= 11 is 6.42. The quantitative estimate of drug-likeness (QED) is 0.216. The highest BCUT2D eigenvalue weighted by molar-refractivity contribution is 6.28. The second-order valence-corrected chi connectivity index (χ2v) is 10.6. The molecule has 8 rings (SSSR count). The van der Waals surface area contributed by atoms with Crippen LogP contribution >= 0.6 is 11.6 Å². The van der Waals surface area contributed by atoms with Crippen LogP contribution < -0.4 is 0 Å². The highest BCUT2D eigenvalue weighted by Crippen LogP contribution is 2.38. The monoisotopic (exact) mass is 558 g/mol. The van der Waals surface area contributed by atoms with Crippen molar-refractivity contribution in [2.45, 2.75) is 0 Å². The molecule has 4 nitrogen and oxygen atoms in total. The summed E-state index contributed by atoms with van der Waals surface area (Å²) in [6.07, 6.45) is 0. The lowest BCUT2D eigenvalue weighted by atomic mass is 9.97. The number of aromatic nitrogens is 4. The molecule has 0 radical (unpaired) electrons. The number of hydrogen-bond donors (Lipinski definition) is 0.